The van der Waals surface area contributed by atoms with Crippen molar-refractivity contribution in [1.82, 2.24) is 25.5 Å². The Labute approximate surface area is 135 Å². The third kappa shape index (κ3) is 2.57. The van der Waals surface area contributed by atoms with Crippen LogP contribution in [0.1, 0.15) is 27.7 Å². The molecule has 0 unspecified atom stereocenters. The number of hydrogen-bond donors (Lipinski definition) is 1. The fraction of sp³-hybridized carbons (Fsp3) is 0.200. The largest absolute Gasteiger partial charge is 0.493 e. The van der Waals surface area contributed by atoms with Crippen LogP contribution in [0.3, 0.4) is 0 Å². The Bertz CT molecular complexity index is 830. The van der Waals surface area contributed by atoms with Crippen molar-refractivity contribution in [2.45, 2.75) is 12.5 Å². The Morgan fingerprint density at radius 2 is 2.26 bits per heavy atom. The van der Waals surface area contributed by atoms with E-state index in [0.717, 1.165) is 17.7 Å². The van der Waals surface area contributed by atoms with Gasteiger partial charge in [-0.2, -0.15) is 4.68 Å². The van der Waals surface area contributed by atoms with Crippen LogP contribution in [0.25, 0.3) is 5.69 Å². The molecule has 23 heavy (non-hydrogen) atoms. The molecule has 8 heteroatoms. The lowest BCUT2D eigenvalue weighted by atomic mass is 10.0. The number of hydrogen-bond acceptors (Lipinski definition) is 6. The van der Waals surface area contributed by atoms with Gasteiger partial charge in [0, 0.05) is 12.0 Å². The number of para-hydroxylation sites is 1. The van der Waals surface area contributed by atoms with Gasteiger partial charge in [-0.3, -0.25) is 4.79 Å². The maximum atomic E-state index is 12.7. The molecule has 1 N–H and O–H groups in total. The lowest BCUT2D eigenvalue weighted by molar-refractivity contribution is 0.0929. The third-order valence-electron chi connectivity index (χ3n) is 3.71. The minimum Gasteiger partial charge on any atom is -0.493 e. The van der Waals surface area contributed by atoms with Crippen molar-refractivity contribution >= 4 is 17.2 Å². The van der Waals surface area contributed by atoms with E-state index in [1.807, 2.05) is 35.7 Å². The average molecular weight is 327 g/mol. The van der Waals surface area contributed by atoms with Crippen molar-refractivity contribution in [3.63, 3.8) is 0 Å². The molecule has 0 saturated heterocycles. The Hall–Kier alpha value is -2.74. The first-order chi connectivity index (χ1) is 11.3. The lowest BCUT2D eigenvalue weighted by Crippen LogP contribution is -2.32. The molecule has 0 bridgehead atoms. The van der Waals surface area contributed by atoms with Crippen molar-refractivity contribution in [1.29, 1.82) is 0 Å². The van der Waals surface area contributed by atoms with Crippen molar-refractivity contribution in [3.8, 4) is 11.4 Å². The fourth-order valence-corrected chi connectivity index (χ4v) is 3.42. The van der Waals surface area contributed by atoms with E-state index in [1.54, 1.807) is 0 Å². The van der Waals surface area contributed by atoms with E-state index < -0.39 is 0 Å². The van der Waals surface area contributed by atoms with Gasteiger partial charge >= 0.3 is 0 Å². The molecule has 1 atom stereocenters. The number of benzene rings is 1. The van der Waals surface area contributed by atoms with Gasteiger partial charge in [0.05, 0.1) is 18.3 Å². The summed E-state index contributed by atoms with van der Waals surface area (Å²) >= 11 is 1.37. The Morgan fingerprint density at radius 3 is 3.13 bits per heavy atom. The second-order valence-electron chi connectivity index (χ2n) is 5.09. The Morgan fingerprint density at radius 1 is 1.35 bits per heavy atom. The summed E-state index contributed by atoms with van der Waals surface area (Å²) < 4.78 is 7.12. The molecule has 0 saturated carbocycles. The van der Waals surface area contributed by atoms with E-state index in [1.165, 1.54) is 22.3 Å². The van der Waals surface area contributed by atoms with Crippen molar-refractivity contribution in [2.24, 2.45) is 0 Å². The van der Waals surface area contributed by atoms with E-state index in [4.69, 9.17) is 4.74 Å². The third-order valence-corrected chi connectivity index (χ3v) is 4.61. The molecule has 7 nitrogen and oxygen atoms in total. The van der Waals surface area contributed by atoms with Crippen LogP contribution in [0.4, 0.5) is 0 Å². The first kappa shape index (κ1) is 13.9. The predicted octanol–water partition coefficient (Wildman–Crippen LogP) is 1.98. The number of fused-ring (bicyclic) bond motifs is 1. The Balaban J connectivity index is 1.59. The number of carbonyl (C=O) groups excluding carboxylic acids is 1. The number of amides is 1. The molecule has 0 radical (unpaired) electrons. The highest BCUT2D eigenvalue weighted by atomic mass is 32.1. The SMILES string of the molecule is O=C(N[C@@H]1CCOc2ccccc21)c1sccc1-n1cnnn1. The van der Waals surface area contributed by atoms with Crippen LogP contribution in [0.5, 0.6) is 5.75 Å². The summed E-state index contributed by atoms with van der Waals surface area (Å²) in [4.78, 5) is 13.3. The molecule has 3 aromatic rings. The quantitative estimate of drug-likeness (QED) is 0.795. The summed E-state index contributed by atoms with van der Waals surface area (Å²) in [6.07, 6.45) is 2.22. The molecule has 1 amide bonds. The first-order valence-corrected chi connectivity index (χ1v) is 8.04. The summed E-state index contributed by atoms with van der Waals surface area (Å²) in [5.74, 6) is 0.697. The highest BCUT2D eigenvalue weighted by molar-refractivity contribution is 7.12. The molecule has 116 valence electrons. The molecule has 0 fully saturated rings. The van der Waals surface area contributed by atoms with E-state index in [0.29, 0.717) is 17.2 Å². The molecule has 0 spiro atoms. The van der Waals surface area contributed by atoms with Gasteiger partial charge in [0.25, 0.3) is 5.91 Å². The minimum atomic E-state index is -0.132. The maximum absolute atomic E-state index is 12.7. The highest BCUT2D eigenvalue weighted by Crippen LogP contribution is 2.32. The molecular weight excluding hydrogens is 314 g/mol. The molecule has 1 aromatic carbocycles. The number of nitrogens with zero attached hydrogens (tertiary/aromatic N) is 4. The lowest BCUT2D eigenvalue weighted by Gasteiger charge is -2.26. The smallest absolute Gasteiger partial charge is 0.264 e. The molecular formula is C15H13N5O2S. The number of ether oxygens (including phenoxy) is 1. The summed E-state index contributed by atoms with van der Waals surface area (Å²) in [5, 5.41) is 16.0. The second kappa shape index (κ2) is 5.81. The average Bonchev–Trinajstić information content (AvgIpc) is 3.26. The zero-order valence-electron chi connectivity index (χ0n) is 12.0. The van der Waals surface area contributed by atoms with Crippen LogP contribution < -0.4 is 10.1 Å². The number of nitrogens with one attached hydrogen (secondary N) is 1. The number of rotatable bonds is 3. The van der Waals surface area contributed by atoms with Gasteiger partial charge in [-0.15, -0.1) is 16.4 Å². The molecule has 1 aliphatic heterocycles. The van der Waals surface area contributed by atoms with Crippen LogP contribution in [-0.4, -0.2) is 32.7 Å². The molecule has 1 aliphatic rings. The molecule has 2 aromatic heterocycles. The van der Waals surface area contributed by atoms with E-state index in [9.17, 15) is 4.79 Å². The van der Waals surface area contributed by atoms with Crippen molar-refractivity contribution < 1.29 is 9.53 Å². The summed E-state index contributed by atoms with van der Waals surface area (Å²) in [6.45, 7) is 0.590. The summed E-state index contributed by atoms with van der Waals surface area (Å²) in [7, 11) is 0. The van der Waals surface area contributed by atoms with Gasteiger partial charge < -0.3 is 10.1 Å². The number of aromatic nitrogens is 4. The van der Waals surface area contributed by atoms with Gasteiger partial charge in [-0.05, 0) is 27.9 Å². The summed E-state index contributed by atoms with van der Waals surface area (Å²) in [6, 6.07) is 9.55. The van der Waals surface area contributed by atoms with Crippen LogP contribution in [-0.2, 0) is 0 Å². The van der Waals surface area contributed by atoms with Gasteiger partial charge in [0.2, 0.25) is 0 Å². The summed E-state index contributed by atoms with van der Waals surface area (Å²) in [5.41, 5.74) is 1.69. The minimum absolute atomic E-state index is 0.0590. The number of thiophene rings is 1. The van der Waals surface area contributed by atoms with Gasteiger partial charge in [0.15, 0.2) is 0 Å². The standard InChI is InChI=1S/C15H13N5O2S/c21-15(14-12(6-8-23-14)20-9-16-18-19-20)17-11-5-7-22-13-4-2-1-3-10(11)13/h1-4,6,8-9,11H,5,7H2,(H,17,21)/t11-/m1/s1. The van der Waals surface area contributed by atoms with Crippen LogP contribution in [0.2, 0.25) is 0 Å². The topological polar surface area (TPSA) is 81.9 Å². The van der Waals surface area contributed by atoms with Crippen molar-refractivity contribution in [3.05, 3.63) is 52.5 Å². The van der Waals surface area contributed by atoms with Crippen molar-refractivity contribution in [2.75, 3.05) is 6.61 Å². The maximum Gasteiger partial charge on any atom is 0.264 e. The second-order valence-corrected chi connectivity index (χ2v) is 6.01. The van der Waals surface area contributed by atoms with Gasteiger partial charge in [0.1, 0.15) is 17.0 Å². The van der Waals surface area contributed by atoms with E-state index in [-0.39, 0.29) is 11.9 Å². The van der Waals surface area contributed by atoms with Gasteiger partial charge in [-0.25, -0.2) is 0 Å². The predicted molar refractivity (Wildman–Crippen MR) is 83.8 cm³/mol. The van der Waals surface area contributed by atoms with Gasteiger partial charge in [-0.1, -0.05) is 18.2 Å². The zero-order chi connectivity index (χ0) is 15.6. The highest BCUT2D eigenvalue weighted by Gasteiger charge is 2.25. The normalized spacial score (nSPS) is 16.4. The first-order valence-electron chi connectivity index (χ1n) is 7.16. The molecule has 3 heterocycles. The van der Waals surface area contributed by atoms with Crippen LogP contribution in [0.15, 0.2) is 42.0 Å². The number of tetrazole rings is 1. The molecule has 0 aliphatic carbocycles. The molecule has 4 rings (SSSR count). The van der Waals surface area contributed by atoms with Crippen LogP contribution in [0, 0.1) is 0 Å². The zero-order valence-corrected chi connectivity index (χ0v) is 12.9. The number of carbonyl (C=O) groups is 1. The monoisotopic (exact) mass is 327 g/mol. The van der Waals surface area contributed by atoms with E-state index >= 15 is 0 Å². The Kier molecular flexibility index (Phi) is 3.51. The van der Waals surface area contributed by atoms with E-state index in [2.05, 4.69) is 20.8 Å². The fourth-order valence-electron chi connectivity index (χ4n) is 2.64. The van der Waals surface area contributed by atoms with Crippen LogP contribution >= 0.6 is 11.3 Å².